The molecule has 1 aromatic heterocycles. The SMILES string of the molecule is Cn1ncc(N=C=O)c1Cc1cccc(O)c1. The topological polar surface area (TPSA) is 67.5 Å². The molecule has 0 spiro atoms. The van der Waals surface area contributed by atoms with Crippen LogP contribution < -0.4 is 0 Å². The maximum atomic E-state index is 10.3. The predicted molar refractivity (Wildman–Crippen MR) is 61.9 cm³/mol. The molecule has 5 nitrogen and oxygen atoms in total. The van der Waals surface area contributed by atoms with Crippen LogP contribution in [0.4, 0.5) is 5.69 Å². The zero-order valence-corrected chi connectivity index (χ0v) is 9.29. The number of aromatic nitrogens is 2. The molecule has 0 aliphatic heterocycles. The smallest absolute Gasteiger partial charge is 0.240 e. The average molecular weight is 229 g/mol. The van der Waals surface area contributed by atoms with Gasteiger partial charge < -0.3 is 5.11 Å². The van der Waals surface area contributed by atoms with Crippen molar-refractivity contribution in [3.05, 3.63) is 41.7 Å². The summed E-state index contributed by atoms with van der Waals surface area (Å²) in [7, 11) is 1.78. The van der Waals surface area contributed by atoms with E-state index in [0.29, 0.717) is 12.1 Å². The third kappa shape index (κ3) is 2.41. The predicted octanol–water partition coefficient (Wildman–Crippen LogP) is 1.68. The minimum absolute atomic E-state index is 0.213. The quantitative estimate of drug-likeness (QED) is 0.643. The van der Waals surface area contributed by atoms with E-state index < -0.39 is 0 Å². The van der Waals surface area contributed by atoms with Gasteiger partial charge in [-0.05, 0) is 17.7 Å². The Morgan fingerprint density at radius 2 is 2.35 bits per heavy atom. The van der Waals surface area contributed by atoms with E-state index in [2.05, 4.69) is 10.1 Å². The van der Waals surface area contributed by atoms with Gasteiger partial charge >= 0.3 is 0 Å². The molecule has 0 bridgehead atoms. The largest absolute Gasteiger partial charge is 0.508 e. The molecule has 1 aromatic carbocycles. The van der Waals surface area contributed by atoms with Gasteiger partial charge in [-0.25, -0.2) is 4.79 Å². The third-order valence-electron chi connectivity index (χ3n) is 2.49. The first kappa shape index (κ1) is 11.1. The highest BCUT2D eigenvalue weighted by molar-refractivity contribution is 5.51. The molecular weight excluding hydrogens is 218 g/mol. The van der Waals surface area contributed by atoms with E-state index in [1.807, 2.05) is 6.07 Å². The molecule has 0 aliphatic carbocycles. The lowest BCUT2D eigenvalue weighted by Gasteiger charge is -2.03. The number of nitrogens with zero attached hydrogens (tertiary/aromatic N) is 3. The van der Waals surface area contributed by atoms with Crippen LogP contribution in [0.25, 0.3) is 0 Å². The Bertz CT molecular complexity index is 583. The summed E-state index contributed by atoms with van der Waals surface area (Å²) in [6, 6.07) is 6.93. The normalized spacial score (nSPS) is 9.94. The van der Waals surface area contributed by atoms with Crippen molar-refractivity contribution in [1.82, 2.24) is 9.78 Å². The summed E-state index contributed by atoms with van der Waals surface area (Å²) < 4.78 is 1.65. The Hall–Kier alpha value is -2.39. The van der Waals surface area contributed by atoms with Crippen LogP contribution >= 0.6 is 0 Å². The maximum Gasteiger partial charge on any atom is 0.240 e. The Morgan fingerprint density at radius 1 is 1.53 bits per heavy atom. The summed E-state index contributed by atoms with van der Waals surface area (Å²) in [5.74, 6) is 0.213. The summed E-state index contributed by atoms with van der Waals surface area (Å²) in [4.78, 5) is 13.9. The van der Waals surface area contributed by atoms with E-state index in [1.165, 1.54) is 12.3 Å². The van der Waals surface area contributed by atoms with Gasteiger partial charge in [0.2, 0.25) is 6.08 Å². The van der Waals surface area contributed by atoms with Crippen LogP contribution in [0.3, 0.4) is 0 Å². The molecule has 0 atom stereocenters. The van der Waals surface area contributed by atoms with Crippen LogP contribution in [0.5, 0.6) is 5.75 Å². The minimum Gasteiger partial charge on any atom is -0.508 e. The molecule has 0 fully saturated rings. The van der Waals surface area contributed by atoms with Gasteiger partial charge in [-0.2, -0.15) is 10.1 Å². The van der Waals surface area contributed by atoms with Crippen LogP contribution in [0.1, 0.15) is 11.3 Å². The number of aromatic hydroxyl groups is 1. The molecule has 0 unspecified atom stereocenters. The van der Waals surface area contributed by atoms with E-state index in [4.69, 9.17) is 0 Å². The number of aliphatic imine (C=N–C) groups is 1. The van der Waals surface area contributed by atoms with E-state index in [1.54, 1.807) is 29.9 Å². The Balaban J connectivity index is 2.35. The van der Waals surface area contributed by atoms with Gasteiger partial charge in [0.15, 0.2) is 0 Å². The van der Waals surface area contributed by atoms with Crippen molar-refractivity contribution < 1.29 is 9.90 Å². The molecule has 0 radical (unpaired) electrons. The highest BCUT2D eigenvalue weighted by Crippen LogP contribution is 2.22. The molecule has 0 amide bonds. The first-order valence-corrected chi connectivity index (χ1v) is 5.07. The lowest BCUT2D eigenvalue weighted by atomic mass is 10.1. The Kier molecular flexibility index (Phi) is 3.03. The average Bonchev–Trinajstić information content (AvgIpc) is 2.62. The second-order valence-corrected chi connectivity index (χ2v) is 3.65. The summed E-state index contributed by atoms with van der Waals surface area (Å²) in [5.41, 5.74) is 2.24. The highest BCUT2D eigenvalue weighted by Gasteiger charge is 2.08. The van der Waals surface area contributed by atoms with Crippen LogP contribution in [-0.4, -0.2) is 21.0 Å². The third-order valence-corrected chi connectivity index (χ3v) is 2.49. The fraction of sp³-hybridized carbons (Fsp3) is 0.167. The van der Waals surface area contributed by atoms with Crippen molar-refractivity contribution >= 4 is 11.8 Å². The Labute approximate surface area is 98.0 Å². The summed E-state index contributed by atoms with van der Waals surface area (Å²) in [6.45, 7) is 0. The van der Waals surface area contributed by atoms with E-state index in [0.717, 1.165) is 11.3 Å². The zero-order chi connectivity index (χ0) is 12.3. The van der Waals surface area contributed by atoms with Gasteiger partial charge in [-0.3, -0.25) is 4.68 Å². The first-order chi connectivity index (χ1) is 8.20. The summed E-state index contributed by atoms with van der Waals surface area (Å²) in [6.07, 6.45) is 3.57. The number of aryl methyl sites for hydroxylation is 1. The number of isocyanates is 1. The van der Waals surface area contributed by atoms with Crippen molar-refractivity contribution in [2.45, 2.75) is 6.42 Å². The zero-order valence-electron chi connectivity index (χ0n) is 9.29. The molecule has 0 saturated heterocycles. The van der Waals surface area contributed by atoms with E-state index in [-0.39, 0.29) is 5.75 Å². The highest BCUT2D eigenvalue weighted by atomic mass is 16.3. The fourth-order valence-corrected chi connectivity index (χ4v) is 1.66. The number of rotatable bonds is 3. The molecule has 2 aromatic rings. The second-order valence-electron chi connectivity index (χ2n) is 3.65. The lowest BCUT2D eigenvalue weighted by molar-refractivity contribution is 0.474. The molecule has 1 N–H and O–H groups in total. The molecule has 5 heteroatoms. The molecule has 17 heavy (non-hydrogen) atoms. The van der Waals surface area contributed by atoms with Gasteiger partial charge in [0, 0.05) is 13.5 Å². The number of phenols is 1. The Morgan fingerprint density at radius 3 is 3.06 bits per heavy atom. The van der Waals surface area contributed by atoms with Crippen molar-refractivity contribution in [1.29, 1.82) is 0 Å². The van der Waals surface area contributed by atoms with Crippen molar-refractivity contribution in [3.8, 4) is 5.75 Å². The molecular formula is C12H11N3O2. The van der Waals surface area contributed by atoms with E-state index in [9.17, 15) is 9.90 Å². The first-order valence-electron chi connectivity index (χ1n) is 5.07. The number of hydrogen-bond donors (Lipinski definition) is 1. The number of phenolic OH excluding ortho intramolecular Hbond substituents is 1. The van der Waals surface area contributed by atoms with Crippen LogP contribution in [0, 0.1) is 0 Å². The summed E-state index contributed by atoms with van der Waals surface area (Å²) in [5, 5.41) is 13.4. The maximum absolute atomic E-state index is 10.3. The van der Waals surface area contributed by atoms with E-state index >= 15 is 0 Å². The van der Waals surface area contributed by atoms with Crippen molar-refractivity contribution in [2.24, 2.45) is 12.0 Å². The summed E-state index contributed by atoms with van der Waals surface area (Å²) >= 11 is 0. The van der Waals surface area contributed by atoms with Crippen LogP contribution in [0.2, 0.25) is 0 Å². The van der Waals surface area contributed by atoms with Crippen molar-refractivity contribution in [2.75, 3.05) is 0 Å². The monoisotopic (exact) mass is 229 g/mol. The molecule has 0 saturated carbocycles. The van der Waals surface area contributed by atoms with Crippen LogP contribution in [0.15, 0.2) is 35.5 Å². The van der Waals surface area contributed by atoms with Gasteiger partial charge in [0.1, 0.15) is 11.4 Å². The molecule has 86 valence electrons. The van der Waals surface area contributed by atoms with Gasteiger partial charge in [0.25, 0.3) is 0 Å². The van der Waals surface area contributed by atoms with Crippen molar-refractivity contribution in [3.63, 3.8) is 0 Å². The van der Waals surface area contributed by atoms with Gasteiger partial charge in [-0.15, -0.1) is 0 Å². The minimum atomic E-state index is 0.213. The lowest BCUT2D eigenvalue weighted by Crippen LogP contribution is -1.99. The number of carbonyl (C=O) groups excluding carboxylic acids is 1. The fourth-order valence-electron chi connectivity index (χ4n) is 1.66. The van der Waals surface area contributed by atoms with Crippen LogP contribution in [-0.2, 0) is 18.3 Å². The standard InChI is InChI=1S/C12H11N3O2/c1-15-12(11(7-14-15)13-8-16)6-9-3-2-4-10(17)5-9/h2-5,7,17H,6H2,1H3. The molecule has 0 aliphatic rings. The van der Waals surface area contributed by atoms with Gasteiger partial charge in [-0.1, -0.05) is 12.1 Å². The second kappa shape index (κ2) is 4.63. The number of benzene rings is 1. The molecule has 1 heterocycles. The molecule has 2 rings (SSSR count). The number of hydrogen-bond acceptors (Lipinski definition) is 4. The van der Waals surface area contributed by atoms with Gasteiger partial charge in [0.05, 0.1) is 11.9 Å².